The summed E-state index contributed by atoms with van der Waals surface area (Å²) >= 11 is 5.30. The number of carbonyl (C=O) groups is 1. The van der Waals surface area contributed by atoms with Crippen LogP contribution in [0.5, 0.6) is 5.75 Å². The monoisotopic (exact) mass is 459 g/mol. The van der Waals surface area contributed by atoms with Gasteiger partial charge in [-0.15, -0.1) is 0 Å². The van der Waals surface area contributed by atoms with Gasteiger partial charge in [-0.25, -0.2) is 4.79 Å². The number of nitrogens with zero attached hydrogens (tertiary/aromatic N) is 3. The zero-order chi connectivity index (χ0) is 23.6. The number of hydrogen-bond donors (Lipinski definition) is 2. The quantitative estimate of drug-likeness (QED) is 0.279. The number of thiocarbonyl (C=S) groups is 1. The molecule has 170 valence electrons. The second kappa shape index (κ2) is 9.35. The Balaban J connectivity index is 2.05. The van der Waals surface area contributed by atoms with Crippen molar-refractivity contribution < 1.29 is 19.2 Å². The van der Waals surface area contributed by atoms with Gasteiger partial charge in [-0.05, 0) is 57.6 Å². The van der Waals surface area contributed by atoms with E-state index in [0.29, 0.717) is 33.5 Å². The fraction of sp³-hybridized carbons (Fsp3) is 0.381. The lowest BCUT2D eigenvalue weighted by Gasteiger charge is -2.30. The molecule has 1 aliphatic heterocycles. The molecule has 32 heavy (non-hydrogen) atoms. The standard InChI is InChI=1S/C21H25N5O5S/c1-6-31-20(27)17-11(2)22-21(32)23-18(17)14-7-8-16(30-5)15(9-14)10-25-13(4)19(26(28)29)12(3)24-25/h7-9,18H,6,10H2,1-5H3,(H2,22,23,32). The average molecular weight is 460 g/mol. The lowest BCUT2D eigenvalue weighted by Crippen LogP contribution is -2.45. The van der Waals surface area contributed by atoms with Crippen LogP contribution in [0, 0.1) is 24.0 Å². The zero-order valence-electron chi connectivity index (χ0n) is 18.5. The van der Waals surface area contributed by atoms with Crippen molar-refractivity contribution in [3.63, 3.8) is 0 Å². The van der Waals surface area contributed by atoms with E-state index in [9.17, 15) is 14.9 Å². The van der Waals surface area contributed by atoms with Crippen molar-refractivity contribution in [2.75, 3.05) is 13.7 Å². The first-order valence-corrected chi connectivity index (χ1v) is 10.4. The first kappa shape index (κ1) is 23.2. The number of aromatic nitrogens is 2. The van der Waals surface area contributed by atoms with E-state index >= 15 is 0 Å². The summed E-state index contributed by atoms with van der Waals surface area (Å²) < 4.78 is 12.3. The predicted octanol–water partition coefficient (Wildman–Crippen LogP) is 2.82. The molecule has 0 bridgehead atoms. The number of aryl methyl sites for hydroxylation is 1. The molecule has 1 aliphatic rings. The van der Waals surface area contributed by atoms with E-state index in [1.807, 2.05) is 12.1 Å². The second-order valence-electron chi connectivity index (χ2n) is 7.30. The van der Waals surface area contributed by atoms with E-state index in [1.54, 1.807) is 45.6 Å². The van der Waals surface area contributed by atoms with Crippen molar-refractivity contribution in [3.8, 4) is 5.75 Å². The lowest BCUT2D eigenvalue weighted by molar-refractivity contribution is -0.386. The number of nitro groups is 1. The summed E-state index contributed by atoms with van der Waals surface area (Å²) in [7, 11) is 1.55. The minimum absolute atomic E-state index is 0.00588. The minimum atomic E-state index is -0.526. The van der Waals surface area contributed by atoms with Crippen LogP contribution in [0.25, 0.3) is 0 Å². The van der Waals surface area contributed by atoms with E-state index in [1.165, 1.54) is 0 Å². The maximum absolute atomic E-state index is 12.6. The average Bonchev–Trinajstić information content (AvgIpc) is 3.00. The smallest absolute Gasteiger partial charge is 0.338 e. The second-order valence-corrected chi connectivity index (χ2v) is 7.70. The highest BCUT2D eigenvalue weighted by Crippen LogP contribution is 2.32. The van der Waals surface area contributed by atoms with Gasteiger partial charge < -0.3 is 20.1 Å². The van der Waals surface area contributed by atoms with Gasteiger partial charge in [0, 0.05) is 11.3 Å². The fourth-order valence-corrected chi connectivity index (χ4v) is 4.06. The summed E-state index contributed by atoms with van der Waals surface area (Å²) in [6, 6.07) is 4.97. The molecule has 1 unspecified atom stereocenters. The van der Waals surface area contributed by atoms with Crippen LogP contribution in [0.1, 0.15) is 42.4 Å². The van der Waals surface area contributed by atoms with Crippen LogP contribution in [0.4, 0.5) is 5.69 Å². The topological polar surface area (TPSA) is 121 Å². The SMILES string of the molecule is CCOC(=O)C1=C(C)NC(=S)NC1c1ccc(OC)c(Cn2nc(C)c([N+](=O)[O-])c2C)c1. The third kappa shape index (κ3) is 4.42. The molecule has 1 atom stereocenters. The summed E-state index contributed by atoms with van der Waals surface area (Å²) in [6.07, 6.45) is 0. The third-order valence-electron chi connectivity index (χ3n) is 5.25. The summed E-state index contributed by atoms with van der Waals surface area (Å²) in [5, 5.41) is 22.2. The van der Waals surface area contributed by atoms with E-state index in [2.05, 4.69) is 15.7 Å². The molecule has 0 aliphatic carbocycles. The summed E-state index contributed by atoms with van der Waals surface area (Å²) in [5.74, 6) is 0.155. The van der Waals surface area contributed by atoms with Gasteiger partial charge in [0.1, 0.15) is 17.1 Å². The molecule has 0 fully saturated rings. The molecular formula is C21H25N5O5S. The van der Waals surface area contributed by atoms with Gasteiger partial charge in [-0.1, -0.05) is 6.07 Å². The number of esters is 1. The summed E-state index contributed by atoms with van der Waals surface area (Å²) in [6.45, 7) is 7.28. The normalized spacial score (nSPS) is 15.8. The Morgan fingerprint density at radius 2 is 2.06 bits per heavy atom. The van der Waals surface area contributed by atoms with E-state index in [4.69, 9.17) is 21.7 Å². The van der Waals surface area contributed by atoms with Crippen LogP contribution in [-0.4, -0.2) is 39.5 Å². The summed E-state index contributed by atoms with van der Waals surface area (Å²) in [4.78, 5) is 23.6. The number of hydrogen-bond acceptors (Lipinski definition) is 7. The predicted molar refractivity (Wildman–Crippen MR) is 121 cm³/mol. The maximum atomic E-state index is 12.6. The molecule has 1 aromatic carbocycles. The van der Waals surface area contributed by atoms with Gasteiger partial charge >= 0.3 is 11.7 Å². The number of benzene rings is 1. The van der Waals surface area contributed by atoms with E-state index in [-0.39, 0.29) is 18.8 Å². The fourth-order valence-electron chi connectivity index (χ4n) is 3.79. The Morgan fingerprint density at radius 3 is 2.66 bits per heavy atom. The molecule has 0 spiro atoms. The van der Waals surface area contributed by atoms with Gasteiger partial charge in [-0.2, -0.15) is 5.10 Å². The van der Waals surface area contributed by atoms with Crippen LogP contribution in [0.15, 0.2) is 29.5 Å². The number of ether oxygens (including phenoxy) is 2. The van der Waals surface area contributed by atoms with Crippen LogP contribution < -0.4 is 15.4 Å². The molecule has 11 heteroatoms. The Bertz CT molecular complexity index is 1120. The highest BCUT2D eigenvalue weighted by atomic mass is 32.1. The van der Waals surface area contributed by atoms with Gasteiger partial charge in [0.25, 0.3) is 0 Å². The van der Waals surface area contributed by atoms with Gasteiger partial charge in [0.05, 0.1) is 36.8 Å². The van der Waals surface area contributed by atoms with E-state index in [0.717, 1.165) is 11.1 Å². The molecule has 0 saturated carbocycles. The van der Waals surface area contributed by atoms with Gasteiger partial charge in [0.15, 0.2) is 5.11 Å². The number of allylic oxidation sites excluding steroid dienone is 1. The van der Waals surface area contributed by atoms with Gasteiger partial charge in [-0.3, -0.25) is 14.8 Å². The first-order valence-electron chi connectivity index (χ1n) is 9.98. The molecule has 0 radical (unpaired) electrons. The molecule has 0 saturated heterocycles. The number of nitrogens with one attached hydrogen (secondary N) is 2. The first-order chi connectivity index (χ1) is 15.2. The van der Waals surface area contributed by atoms with Crippen LogP contribution >= 0.6 is 12.2 Å². The minimum Gasteiger partial charge on any atom is -0.496 e. The van der Waals surface area contributed by atoms with Crippen LogP contribution in [0.3, 0.4) is 0 Å². The highest BCUT2D eigenvalue weighted by molar-refractivity contribution is 7.80. The van der Waals surface area contributed by atoms with Crippen molar-refractivity contribution in [2.24, 2.45) is 0 Å². The number of rotatable bonds is 7. The third-order valence-corrected chi connectivity index (χ3v) is 5.47. The Labute approximate surface area is 190 Å². The van der Waals surface area contributed by atoms with Crippen LogP contribution in [-0.2, 0) is 16.1 Å². The molecule has 2 N–H and O–H groups in total. The molecule has 0 amide bonds. The van der Waals surface area contributed by atoms with E-state index < -0.39 is 16.9 Å². The number of carbonyl (C=O) groups excluding carboxylic acids is 1. The van der Waals surface area contributed by atoms with Gasteiger partial charge in [0.2, 0.25) is 0 Å². The zero-order valence-corrected chi connectivity index (χ0v) is 19.3. The molecular weight excluding hydrogens is 434 g/mol. The molecule has 1 aromatic heterocycles. The van der Waals surface area contributed by atoms with Crippen molar-refractivity contribution in [1.29, 1.82) is 0 Å². The molecule has 3 rings (SSSR count). The van der Waals surface area contributed by atoms with Crippen molar-refractivity contribution >= 4 is 29.0 Å². The highest BCUT2D eigenvalue weighted by Gasteiger charge is 2.31. The van der Waals surface area contributed by atoms with Crippen LogP contribution in [0.2, 0.25) is 0 Å². The maximum Gasteiger partial charge on any atom is 0.338 e. The van der Waals surface area contributed by atoms with Crippen molar-refractivity contribution in [3.05, 3.63) is 62.1 Å². The lowest BCUT2D eigenvalue weighted by atomic mass is 9.94. The Morgan fingerprint density at radius 1 is 1.34 bits per heavy atom. The largest absolute Gasteiger partial charge is 0.496 e. The number of methoxy groups -OCH3 is 1. The molecule has 10 nitrogen and oxygen atoms in total. The van der Waals surface area contributed by atoms with Crippen molar-refractivity contribution in [2.45, 2.75) is 40.3 Å². The Hall–Kier alpha value is -3.47. The Kier molecular flexibility index (Phi) is 6.78. The summed E-state index contributed by atoms with van der Waals surface area (Å²) in [5.41, 5.74) is 3.34. The molecule has 2 heterocycles. The molecule has 2 aromatic rings. The van der Waals surface area contributed by atoms with Crippen molar-refractivity contribution in [1.82, 2.24) is 20.4 Å².